The van der Waals surface area contributed by atoms with Crippen LogP contribution in [0, 0.1) is 5.92 Å². The van der Waals surface area contributed by atoms with Crippen LogP contribution in [0.2, 0.25) is 0 Å². The van der Waals surface area contributed by atoms with Gasteiger partial charge < -0.3 is 16.0 Å². The Hall–Kier alpha value is -0.850. The zero-order chi connectivity index (χ0) is 16.8. The van der Waals surface area contributed by atoms with E-state index in [9.17, 15) is 9.59 Å². The van der Waals surface area contributed by atoms with Gasteiger partial charge in [0.15, 0.2) is 0 Å². The highest BCUT2D eigenvalue weighted by Crippen LogP contribution is 2.23. The minimum absolute atomic E-state index is 0. The normalized spacial score (nSPS) is 28.1. The third kappa shape index (κ3) is 5.60. The number of hydrogen-bond acceptors (Lipinski definition) is 4. The number of likely N-dealkylation sites (tertiary alicyclic amines) is 2. The number of nitrogens with one attached hydrogen (secondary N) is 1. The van der Waals surface area contributed by atoms with Crippen molar-refractivity contribution in [2.45, 2.75) is 58.0 Å². The summed E-state index contributed by atoms with van der Waals surface area (Å²) in [6.07, 6.45) is 5.27. The maximum atomic E-state index is 12.7. The number of hydrogen-bond donors (Lipinski definition) is 2. The van der Waals surface area contributed by atoms with E-state index in [0.717, 1.165) is 32.2 Å². The van der Waals surface area contributed by atoms with Crippen LogP contribution in [0.5, 0.6) is 0 Å². The van der Waals surface area contributed by atoms with E-state index in [0.29, 0.717) is 38.3 Å². The summed E-state index contributed by atoms with van der Waals surface area (Å²) in [7, 11) is 0. The molecule has 2 heterocycles. The number of amides is 2. The minimum atomic E-state index is -0.0145. The summed E-state index contributed by atoms with van der Waals surface area (Å²) in [4.78, 5) is 29.0. The van der Waals surface area contributed by atoms with Gasteiger partial charge in [0.05, 0.1) is 12.5 Å². The zero-order valence-electron chi connectivity index (χ0n) is 15.0. The van der Waals surface area contributed by atoms with Crippen LogP contribution in [0.25, 0.3) is 0 Å². The van der Waals surface area contributed by atoms with Crippen LogP contribution in [-0.4, -0.2) is 66.4 Å². The second kappa shape index (κ2) is 10.2. The highest BCUT2D eigenvalue weighted by atomic mass is 35.5. The molecular formula is C17H33ClN4O2. The number of nitrogens with two attached hydrogens (primary N) is 1. The van der Waals surface area contributed by atoms with Gasteiger partial charge >= 0.3 is 0 Å². The first-order valence-corrected chi connectivity index (χ1v) is 9.04. The zero-order valence-corrected chi connectivity index (χ0v) is 15.8. The first kappa shape index (κ1) is 21.2. The molecule has 140 valence electrons. The first-order valence-electron chi connectivity index (χ1n) is 9.04. The lowest BCUT2D eigenvalue weighted by atomic mass is 9.96. The topological polar surface area (TPSA) is 78.7 Å². The molecule has 0 aromatic rings. The molecule has 0 bridgehead atoms. The number of rotatable bonds is 5. The molecule has 6 nitrogen and oxygen atoms in total. The molecule has 0 spiro atoms. The smallest absolute Gasteiger partial charge is 0.237 e. The lowest BCUT2D eigenvalue weighted by Crippen LogP contribution is -2.53. The highest BCUT2D eigenvalue weighted by molar-refractivity contribution is 5.85. The van der Waals surface area contributed by atoms with Gasteiger partial charge in [0.2, 0.25) is 11.8 Å². The van der Waals surface area contributed by atoms with Crippen molar-refractivity contribution in [1.29, 1.82) is 0 Å². The molecule has 2 saturated heterocycles. The van der Waals surface area contributed by atoms with E-state index in [2.05, 4.69) is 29.0 Å². The van der Waals surface area contributed by atoms with Crippen LogP contribution in [-0.2, 0) is 9.59 Å². The predicted molar refractivity (Wildman–Crippen MR) is 98.1 cm³/mol. The lowest BCUT2D eigenvalue weighted by Gasteiger charge is -2.41. The van der Waals surface area contributed by atoms with Crippen LogP contribution < -0.4 is 11.1 Å². The first-order chi connectivity index (χ1) is 11.0. The maximum absolute atomic E-state index is 12.7. The Morgan fingerprint density at radius 1 is 1.12 bits per heavy atom. The molecule has 2 aliphatic heterocycles. The van der Waals surface area contributed by atoms with E-state index < -0.39 is 0 Å². The number of nitrogens with zero attached hydrogens (tertiary/aromatic N) is 2. The van der Waals surface area contributed by atoms with Gasteiger partial charge in [-0.1, -0.05) is 0 Å². The van der Waals surface area contributed by atoms with E-state index >= 15 is 0 Å². The Labute approximate surface area is 151 Å². The van der Waals surface area contributed by atoms with Crippen molar-refractivity contribution in [2.24, 2.45) is 11.7 Å². The molecule has 24 heavy (non-hydrogen) atoms. The standard InChI is InChI=1S/C17H32N4O2.ClH/c1-13-5-3-6-14(2)21(13)16(22)12-20-10-4-7-15(11-20)17(23)19-9-8-18;/h13-15H,3-12,18H2,1-2H3,(H,19,23);1H. The van der Waals surface area contributed by atoms with Crippen molar-refractivity contribution in [3.05, 3.63) is 0 Å². The number of carbonyl (C=O) groups is 2. The molecule has 3 unspecified atom stereocenters. The van der Waals surface area contributed by atoms with Crippen LogP contribution in [0.1, 0.15) is 46.0 Å². The molecule has 2 rings (SSSR count). The van der Waals surface area contributed by atoms with Crippen LogP contribution >= 0.6 is 12.4 Å². The summed E-state index contributed by atoms with van der Waals surface area (Å²) in [6, 6.07) is 0.666. The van der Waals surface area contributed by atoms with Crippen molar-refractivity contribution in [2.75, 3.05) is 32.7 Å². The average molecular weight is 361 g/mol. The fourth-order valence-electron chi connectivity index (χ4n) is 3.94. The minimum Gasteiger partial charge on any atom is -0.355 e. The number of carbonyl (C=O) groups excluding carboxylic acids is 2. The Kier molecular flexibility index (Phi) is 9.02. The summed E-state index contributed by atoms with van der Waals surface area (Å²) >= 11 is 0. The van der Waals surface area contributed by atoms with Crippen molar-refractivity contribution in [3.8, 4) is 0 Å². The molecule has 0 aromatic carbocycles. The van der Waals surface area contributed by atoms with E-state index in [1.807, 2.05) is 0 Å². The summed E-state index contributed by atoms with van der Waals surface area (Å²) in [5.74, 6) is 0.277. The molecular weight excluding hydrogens is 328 g/mol. The summed E-state index contributed by atoms with van der Waals surface area (Å²) in [5, 5.41) is 2.87. The summed E-state index contributed by atoms with van der Waals surface area (Å²) in [6.45, 7) is 7.30. The van der Waals surface area contributed by atoms with Crippen LogP contribution in [0.15, 0.2) is 0 Å². The fourth-order valence-corrected chi connectivity index (χ4v) is 3.94. The van der Waals surface area contributed by atoms with E-state index in [1.165, 1.54) is 6.42 Å². The van der Waals surface area contributed by atoms with Gasteiger partial charge in [-0.25, -0.2) is 0 Å². The molecule has 0 saturated carbocycles. The van der Waals surface area contributed by atoms with Gasteiger partial charge in [-0.3, -0.25) is 14.5 Å². The van der Waals surface area contributed by atoms with Gasteiger partial charge in [-0.2, -0.15) is 0 Å². The molecule has 2 amide bonds. The maximum Gasteiger partial charge on any atom is 0.237 e. The quantitative estimate of drug-likeness (QED) is 0.766. The lowest BCUT2D eigenvalue weighted by molar-refractivity contribution is -0.140. The predicted octanol–water partition coefficient (Wildman–Crippen LogP) is 0.985. The molecule has 0 aliphatic carbocycles. The summed E-state index contributed by atoms with van der Waals surface area (Å²) in [5.41, 5.74) is 5.43. The van der Waals surface area contributed by atoms with Crippen LogP contribution in [0.4, 0.5) is 0 Å². The summed E-state index contributed by atoms with van der Waals surface area (Å²) < 4.78 is 0. The van der Waals surface area contributed by atoms with E-state index in [-0.39, 0.29) is 30.1 Å². The second-order valence-electron chi connectivity index (χ2n) is 7.08. The number of halogens is 1. The van der Waals surface area contributed by atoms with Gasteiger partial charge in [0.25, 0.3) is 0 Å². The third-order valence-corrected chi connectivity index (χ3v) is 5.16. The third-order valence-electron chi connectivity index (χ3n) is 5.16. The van der Waals surface area contributed by atoms with Crippen molar-refractivity contribution >= 4 is 24.2 Å². The molecule has 3 N–H and O–H groups in total. The van der Waals surface area contributed by atoms with E-state index in [1.54, 1.807) is 0 Å². The Bertz CT molecular complexity index is 411. The molecule has 0 aromatic heterocycles. The van der Waals surface area contributed by atoms with Gasteiger partial charge in [0.1, 0.15) is 0 Å². The average Bonchev–Trinajstić information content (AvgIpc) is 2.52. The fraction of sp³-hybridized carbons (Fsp3) is 0.882. The Balaban J connectivity index is 0.00000288. The van der Waals surface area contributed by atoms with Crippen molar-refractivity contribution in [1.82, 2.24) is 15.1 Å². The molecule has 2 fully saturated rings. The molecule has 0 radical (unpaired) electrons. The van der Waals surface area contributed by atoms with Gasteiger partial charge in [-0.05, 0) is 52.5 Å². The number of piperidine rings is 2. The van der Waals surface area contributed by atoms with Crippen molar-refractivity contribution < 1.29 is 9.59 Å². The molecule has 2 aliphatic rings. The Morgan fingerprint density at radius 3 is 2.42 bits per heavy atom. The van der Waals surface area contributed by atoms with Gasteiger partial charge in [-0.15, -0.1) is 12.4 Å². The van der Waals surface area contributed by atoms with Gasteiger partial charge in [0, 0.05) is 31.7 Å². The second-order valence-corrected chi connectivity index (χ2v) is 7.08. The monoisotopic (exact) mass is 360 g/mol. The molecule has 3 atom stereocenters. The van der Waals surface area contributed by atoms with E-state index in [4.69, 9.17) is 5.73 Å². The Morgan fingerprint density at radius 2 is 1.79 bits per heavy atom. The molecule has 7 heteroatoms. The SMILES string of the molecule is CC1CCCC(C)N1C(=O)CN1CCCC(C(=O)NCCN)C1.Cl. The largest absolute Gasteiger partial charge is 0.355 e. The van der Waals surface area contributed by atoms with Crippen LogP contribution in [0.3, 0.4) is 0 Å². The highest BCUT2D eigenvalue weighted by Gasteiger charge is 2.32. The van der Waals surface area contributed by atoms with Crippen molar-refractivity contribution in [3.63, 3.8) is 0 Å².